The van der Waals surface area contributed by atoms with E-state index in [9.17, 15) is 13.2 Å². The predicted octanol–water partition coefficient (Wildman–Crippen LogP) is 0.383. The zero-order chi connectivity index (χ0) is 10.6. The van der Waals surface area contributed by atoms with Crippen molar-refractivity contribution in [3.63, 3.8) is 0 Å². The second-order valence-corrected chi connectivity index (χ2v) is 4.47. The van der Waals surface area contributed by atoms with Crippen LogP contribution in [0.15, 0.2) is 29.2 Å². The monoisotopic (exact) mass is 212 g/mol. The largest absolute Gasteiger partial charge is 0.289 e. The number of nitrogens with one attached hydrogen (secondary N) is 1. The summed E-state index contributed by atoms with van der Waals surface area (Å²) in [5, 5.41) is 0. The van der Waals surface area contributed by atoms with E-state index in [1.807, 2.05) is 0 Å². The quantitative estimate of drug-likeness (QED) is 0.785. The molecule has 0 unspecified atom stereocenters. The molecule has 0 spiro atoms. The summed E-state index contributed by atoms with van der Waals surface area (Å²) >= 11 is 0. The standard InChI is InChI=1S/C9H10NO3S/c1-8-4-2-3-5-9(8)14(12,13)10-6-7-11/h2-5,10H,6H2,1H3. The minimum Gasteiger partial charge on any atom is -0.289 e. The van der Waals surface area contributed by atoms with Crippen LogP contribution in [0.25, 0.3) is 0 Å². The summed E-state index contributed by atoms with van der Waals surface area (Å²) in [5.74, 6) is 0. The molecule has 0 saturated heterocycles. The van der Waals surface area contributed by atoms with Crippen molar-refractivity contribution in [2.45, 2.75) is 11.8 Å². The number of rotatable bonds is 4. The van der Waals surface area contributed by atoms with Crippen LogP contribution >= 0.6 is 0 Å². The highest BCUT2D eigenvalue weighted by molar-refractivity contribution is 7.89. The van der Waals surface area contributed by atoms with Crippen molar-refractivity contribution < 1.29 is 13.2 Å². The van der Waals surface area contributed by atoms with Crippen LogP contribution in [0, 0.1) is 6.92 Å². The van der Waals surface area contributed by atoms with Crippen molar-refractivity contribution >= 4 is 16.3 Å². The van der Waals surface area contributed by atoms with Gasteiger partial charge in [0.25, 0.3) is 0 Å². The average Bonchev–Trinajstić information content (AvgIpc) is 2.15. The van der Waals surface area contributed by atoms with E-state index in [1.54, 1.807) is 25.1 Å². The van der Waals surface area contributed by atoms with Gasteiger partial charge in [-0.05, 0) is 18.6 Å². The Hall–Kier alpha value is -1.20. The van der Waals surface area contributed by atoms with E-state index < -0.39 is 10.0 Å². The Labute approximate surface area is 83.0 Å². The molecule has 75 valence electrons. The van der Waals surface area contributed by atoms with Gasteiger partial charge in [-0.3, -0.25) is 4.79 Å². The third kappa shape index (κ3) is 2.40. The Kier molecular flexibility index (Phi) is 3.38. The molecule has 0 aliphatic carbocycles. The van der Waals surface area contributed by atoms with Crippen LogP contribution in [0.4, 0.5) is 0 Å². The molecule has 4 nitrogen and oxygen atoms in total. The van der Waals surface area contributed by atoms with Crippen LogP contribution in [0.2, 0.25) is 0 Å². The number of carbonyl (C=O) groups excluding carboxylic acids is 1. The normalized spacial score (nSPS) is 11.2. The van der Waals surface area contributed by atoms with Gasteiger partial charge in [-0.2, -0.15) is 0 Å². The molecule has 14 heavy (non-hydrogen) atoms. The zero-order valence-corrected chi connectivity index (χ0v) is 8.47. The van der Waals surface area contributed by atoms with E-state index in [-0.39, 0.29) is 11.4 Å². The molecule has 0 heterocycles. The molecule has 0 atom stereocenters. The minimum absolute atomic E-state index is 0.190. The number of benzene rings is 1. The second kappa shape index (κ2) is 4.34. The van der Waals surface area contributed by atoms with Gasteiger partial charge in [0.1, 0.15) is 0 Å². The van der Waals surface area contributed by atoms with Crippen molar-refractivity contribution in [3.8, 4) is 0 Å². The molecular formula is C9H10NO3S. The fraction of sp³-hybridized carbons (Fsp3) is 0.222. The van der Waals surface area contributed by atoms with Crippen molar-refractivity contribution in [1.29, 1.82) is 0 Å². The number of hydrogen-bond donors (Lipinski definition) is 1. The van der Waals surface area contributed by atoms with E-state index in [4.69, 9.17) is 0 Å². The van der Waals surface area contributed by atoms with Crippen LogP contribution in [0.3, 0.4) is 0 Å². The fourth-order valence-electron chi connectivity index (χ4n) is 1.06. The van der Waals surface area contributed by atoms with Crippen LogP contribution in [-0.4, -0.2) is 21.2 Å². The maximum absolute atomic E-state index is 11.5. The lowest BCUT2D eigenvalue weighted by atomic mass is 10.2. The van der Waals surface area contributed by atoms with Gasteiger partial charge >= 0.3 is 0 Å². The summed E-state index contributed by atoms with van der Waals surface area (Å²) in [7, 11) is -3.57. The lowest BCUT2D eigenvalue weighted by molar-refractivity contribution is 0.550. The molecule has 0 bridgehead atoms. The summed E-state index contributed by atoms with van der Waals surface area (Å²) in [6, 6.07) is 6.56. The van der Waals surface area contributed by atoms with Crippen molar-refractivity contribution in [1.82, 2.24) is 4.72 Å². The van der Waals surface area contributed by atoms with Crippen LogP contribution in [0.5, 0.6) is 0 Å². The van der Waals surface area contributed by atoms with E-state index in [0.29, 0.717) is 5.56 Å². The first-order valence-electron chi connectivity index (χ1n) is 3.98. The maximum Gasteiger partial charge on any atom is 0.241 e. The van der Waals surface area contributed by atoms with Gasteiger partial charge in [-0.25, -0.2) is 13.1 Å². The third-order valence-electron chi connectivity index (χ3n) is 1.72. The lowest BCUT2D eigenvalue weighted by Crippen LogP contribution is -2.26. The molecule has 1 aromatic carbocycles. The Morgan fingerprint density at radius 2 is 2.00 bits per heavy atom. The predicted molar refractivity (Wildman–Crippen MR) is 52.1 cm³/mol. The molecule has 0 amide bonds. The molecule has 0 aromatic heterocycles. The highest BCUT2D eigenvalue weighted by Crippen LogP contribution is 2.12. The molecule has 1 radical (unpaired) electrons. The van der Waals surface area contributed by atoms with Crippen LogP contribution < -0.4 is 4.72 Å². The molecular weight excluding hydrogens is 202 g/mol. The topological polar surface area (TPSA) is 63.2 Å². The van der Waals surface area contributed by atoms with Gasteiger partial charge in [0.15, 0.2) is 0 Å². The molecule has 1 rings (SSSR count). The summed E-state index contributed by atoms with van der Waals surface area (Å²) < 4.78 is 25.2. The fourth-order valence-corrected chi connectivity index (χ4v) is 2.21. The van der Waals surface area contributed by atoms with Crippen LogP contribution in [0.1, 0.15) is 5.56 Å². The lowest BCUT2D eigenvalue weighted by Gasteiger charge is -2.05. The first-order chi connectivity index (χ1) is 6.58. The van der Waals surface area contributed by atoms with Crippen molar-refractivity contribution in [3.05, 3.63) is 29.8 Å². The van der Waals surface area contributed by atoms with Crippen LogP contribution in [-0.2, 0) is 14.8 Å². The van der Waals surface area contributed by atoms with Gasteiger partial charge in [0, 0.05) is 0 Å². The molecule has 5 heteroatoms. The molecule has 0 saturated carbocycles. The highest BCUT2D eigenvalue weighted by atomic mass is 32.2. The number of sulfonamides is 1. The summed E-state index contributed by atoms with van der Waals surface area (Å²) in [6.45, 7) is 1.37. The summed E-state index contributed by atoms with van der Waals surface area (Å²) in [6.07, 6.45) is 1.47. The Bertz CT molecular complexity index is 425. The first-order valence-corrected chi connectivity index (χ1v) is 5.46. The second-order valence-electron chi connectivity index (χ2n) is 2.73. The number of hydrogen-bond acceptors (Lipinski definition) is 3. The van der Waals surface area contributed by atoms with E-state index in [0.717, 1.165) is 0 Å². The number of aryl methyl sites for hydroxylation is 1. The molecule has 0 aliphatic heterocycles. The van der Waals surface area contributed by atoms with Gasteiger partial charge in [0.2, 0.25) is 16.3 Å². The molecule has 1 N–H and O–H groups in total. The van der Waals surface area contributed by atoms with E-state index >= 15 is 0 Å². The third-order valence-corrected chi connectivity index (χ3v) is 3.28. The van der Waals surface area contributed by atoms with Gasteiger partial charge in [-0.15, -0.1) is 0 Å². The smallest absolute Gasteiger partial charge is 0.241 e. The van der Waals surface area contributed by atoms with Crippen molar-refractivity contribution in [2.75, 3.05) is 6.54 Å². The maximum atomic E-state index is 11.5. The average molecular weight is 212 g/mol. The van der Waals surface area contributed by atoms with Gasteiger partial charge in [0.05, 0.1) is 11.4 Å². The summed E-state index contributed by atoms with van der Waals surface area (Å²) in [5.41, 5.74) is 0.644. The van der Waals surface area contributed by atoms with Gasteiger partial charge in [-0.1, -0.05) is 18.2 Å². The Morgan fingerprint density at radius 1 is 1.36 bits per heavy atom. The summed E-state index contributed by atoms with van der Waals surface area (Å²) in [4.78, 5) is 10.1. The Balaban J connectivity index is 3.04. The molecule has 0 fully saturated rings. The van der Waals surface area contributed by atoms with E-state index in [1.165, 1.54) is 12.4 Å². The Morgan fingerprint density at radius 3 is 2.57 bits per heavy atom. The SMILES string of the molecule is Cc1ccccc1S(=O)(=O)NC[C]=O. The molecule has 0 aliphatic rings. The highest BCUT2D eigenvalue weighted by Gasteiger charge is 2.14. The van der Waals surface area contributed by atoms with Gasteiger partial charge < -0.3 is 0 Å². The minimum atomic E-state index is -3.57. The van der Waals surface area contributed by atoms with E-state index in [2.05, 4.69) is 4.72 Å². The zero-order valence-electron chi connectivity index (χ0n) is 7.65. The first kappa shape index (κ1) is 10.9. The molecule has 1 aromatic rings. The van der Waals surface area contributed by atoms with Crippen molar-refractivity contribution in [2.24, 2.45) is 0 Å².